The maximum absolute atomic E-state index is 15.1. The molecule has 1 unspecified atom stereocenters. The van der Waals surface area contributed by atoms with Gasteiger partial charge in [-0.1, -0.05) is 0 Å². The monoisotopic (exact) mass is 439 g/mol. The number of esters is 1. The van der Waals surface area contributed by atoms with E-state index in [0.717, 1.165) is 0 Å². The molecule has 2 rings (SSSR count). The lowest BCUT2D eigenvalue weighted by Gasteiger charge is -2.21. The molecule has 0 saturated carbocycles. The van der Waals surface area contributed by atoms with Crippen LogP contribution in [-0.4, -0.2) is 31.6 Å². The summed E-state index contributed by atoms with van der Waals surface area (Å²) < 4.78 is 31.2. The zero-order chi connectivity index (χ0) is 21.4. The van der Waals surface area contributed by atoms with E-state index in [1.807, 2.05) is 0 Å². The molecule has 0 fully saturated rings. The van der Waals surface area contributed by atoms with Crippen molar-refractivity contribution in [2.75, 3.05) is 25.1 Å². The predicted molar refractivity (Wildman–Crippen MR) is 116 cm³/mol. The zero-order valence-electron chi connectivity index (χ0n) is 17.2. The van der Waals surface area contributed by atoms with Gasteiger partial charge in [0.25, 0.3) is 0 Å². The predicted octanol–water partition coefficient (Wildman–Crippen LogP) is 4.05. The van der Waals surface area contributed by atoms with Crippen LogP contribution in [0.25, 0.3) is 0 Å². The largest absolute Gasteiger partial charge is 0.494 e. The molecule has 0 aliphatic carbocycles. The molecule has 0 radical (unpaired) electrons. The van der Waals surface area contributed by atoms with Crippen LogP contribution in [-0.2, 0) is 9.53 Å². The summed E-state index contributed by atoms with van der Waals surface area (Å²) in [6, 6.07) is 8.35. The molecule has 0 spiro atoms. The smallest absolute Gasteiger partial charge is 0.333 e. The first-order valence-electron chi connectivity index (χ1n) is 9.37. The Morgan fingerprint density at radius 1 is 1.10 bits per heavy atom. The molecule has 0 amide bonds. The van der Waals surface area contributed by atoms with E-state index in [4.69, 9.17) is 25.4 Å². The molecule has 0 aliphatic heterocycles. The summed E-state index contributed by atoms with van der Waals surface area (Å²) in [6.45, 7) is 6.00. The van der Waals surface area contributed by atoms with Gasteiger partial charge in [0.15, 0.2) is 17.6 Å². The molecule has 2 aromatic rings. The molecule has 0 bridgehead atoms. The molecule has 1 atom stereocenters. The number of halogens is 2. The summed E-state index contributed by atoms with van der Waals surface area (Å²) in [4.78, 5) is 12.6. The highest BCUT2D eigenvalue weighted by molar-refractivity contribution is 5.95. The third-order valence-corrected chi connectivity index (χ3v) is 3.99. The highest BCUT2D eigenvalue weighted by Gasteiger charge is 2.28. The van der Waals surface area contributed by atoms with E-state index in [2.05, 4.69) is 5.32 Å². The first-order valence-corrected chi connectivity index (χ1v) is 9.37. The highest BCUT2D eigenvalue weighted by Crippen LogP contribution is 2.33. The van der Waals surface area contributed by atoms with Crippen LogP contribution in [0.5, 0.6) is 11.5 Å². The lowest BCUT2D eigenvalue weighted by atomic mass is 10.0. The zero-order valence-corrected chi connectivity index (χ0v) is 18.0. The topological polar surface area (TPSA) is 107 Å². The Morgan fingerprint density at radius 3 is 2.27 bits per heavy atom. The van der Waals surface area contributed by atoms with Crippen LogP contribution in [0.15, 0.2) is 36.4 Å². The van der Waals surface area contributed by atoms with Crippen molar-refractivity contribution in [3.63, 3.8) is 0 Å². The number of anilines is 1. The summed E-state index contributed by atoms with van der Waals surface area (Å²) in [7, 11) is 0. The van der Waals surface area contributed by atoms with Crippen molar-refractivity contribution in [3.8, 4) is 11.5 Å². The van der Waals surface area contributed by atoms with Crippen LogP contribution in [0.4, 0.5) is 10.1 Å². The Morgan fingerprint density at radius 2 is 1.73 bits per heavy atom. The van der Waals surface area contributed by atoms with Gasteiger partial charge in [-0.2, -0.15) is 0 Å². The number of nitrogens with two attached hydrogens (primary N) is 1. The summed E-state index contributed by atoms with van der Waals surface area (Å²) >= 11 is 0. The number of nitrogen functional groups attached to an aromatic ring is 1. The van der Waals surface area contributed by atoms with E-state index in [1.165, 1.54) is 12.1 Å². The van der Waals surface area contributed by atoms with Gasteiger partial charge in [-0.05, 0) is 51.1 Å². The molecule has 4 N–H and O–H groups in total. The SMILES string of the molecule is CCOC(=O)C(Nc1ccc(C(=N)N)cc1)c1cc(OCC)cc(OCC)c1F.Cl. The molecular formula is C21H27ClFN3O4. The van der Waals surface area contributed by atoms with Crippen LogP contribution in [0, 0.1) is 11.2 Å². The molecule has 164 valence electrons. The minimum Gasteiger partial charge on any atom is -0.494 e. The number of nitrogens with one attached hydrogen (secondary N) is 2. The number of ether oxygens (including phenoxy) is 3. The summed E-state index contributed by atoms with van der Waals surface area (Å²) in [6.07, 6.45) is 0. The van der Waals surface area contributed by atoms with Crippen molar-refractivity contribution in [3.05, 3.63) is 53.3 Å². The number of rotatable bonds is 10. The van der Waals surface area contributed by atoms with E-state index in [-0.39, 0.29) is 42.8 Å². The summed E-state index contributed by atoms with van der Waals surface area (Å²) in [5, 5.41) is 10.5. The lowest BCUT2D eigenvalue weighted by Crippen LogP contribution is -2.25. The first kappa shape index (κ1) is 25.0. The average Bonchev–Trinajstić information content (AvgIpc) is 2.69. The molecule has 0 saturated heterocycles. The molecular weight excluding hydrogens is 413 g/mol. The van der Waals surface area contributed by atoms with E-state index >= 15 is 4.39 Å². The van der Waals surface area contributed by atoms with E-state index in [1.54, 1.807) is 45.0 Å². The van der Waals surface area contributed by atoms with Gasteiger partial charge in [0.1, 0.15) is 11.6 Å². The fourth-order valence-corrected chi connectivity index (χ4v) is 2.72. The van der Waals surface area contributed by atoms with Crippen LogP contribution in [0.2, 0.25) is 0 Å². The Labute approximate surface area is 181 Å². The summed E-state index contributed by atoms with van der Waals surface area (Å²) in [5.74, 6) is -0.999. The standard InChI is InChI=1S/C21H26FN3O4.ClH/c1-4-27-15-11-16(18(22)17(12-15)28-5-2)19(21(26)29-6-3)25-14-9-7-13(8-10-14)20(23)24;/h7-12,19,25H,4-6H2,1-3H3,(H3,23,24);1H. The van der Waals surface area contributed by atoms with Crippen molar-refractivity contribution in [2.24, 2.45) is 5.73 Å². The number of hydrogen-bond donors (Lipinski definition) is 3. The fraction of sp³-hybridized carbons (Fsp3) is 0.333. The second-order valence-electron chi connectivity index (χ2n) is 6.01. The third kappa shape index (κ3) is 6.25. The first-order chi connectivity index (χ1) is 13.9. The van der Waals surface area contributed by atoms with E-state index in [9.17, 15) is 4.79 Å². The van der Waals surface area contributed by atoms with Crippen molar-refractivity contribution >= 4 is 29.9 Å². The van der Waals surface area contributed by atoms with Gasteiger partial charge in [-0.3, -0.25) is 5.41 Å². The van der Waals surface area contributed by atoms with Gasteiger partial charge >= 0.3 is 5.97 Å². The molecule has 0 aliphatic rings. The quantitative estimate of drug-likeness (QED) is 0.293. The Balaban J connectivity index is 0.00000450. The van der Waals surface area contributed by atoms with Crippen molar-refractivity contribution in [1.29, 1.82) is 5.41 Å². The molecule has 0 heterocycles. The van der Waals surface area contributed by atoms with E-state index < -0.39 is 17.8 Å². The van der Waals surface area contributed by atoms with Crippen molar-refractivity contribution < 1.29 is 23.4 Å². The Bertz CT molecular complexity index is 862. The van der Waals surface area contributed by atoms with Crippen LogP contribution in [0.1, 0.15) is 37.9 Å². The molecule has 2 aromatic carbocycles. The maximum Gasteiger partial charge on any atom is 0.333 e. The van der Waals surface area contributed by atoms with Crippen molar-refractivity contribution in [1.82, 2.24) is 0 Å². The molecule has 9 heteroatoms. The number of hydrogen-bond acceptors (Lipinski definition) is 6. The summed E-state index contributed by atoms with van der Waals surface area (Å²) in [5.41, 5.74) is 6.58. The van der Waals surface area contributed by atoms with Gasteiger partial charge in [-0.25, -0.2) is 9.18 Å². The number of carbonyl (C=O) groups is 1. The van der Waals surface area contributed by atoms with Gasteiger partial charge < -0.3 is 25.3 Å². The fourth-order valence-electron chi connectivity index (χ4n) is 2.72. The lowest BCUT2D eigenvalue weighted by molar-refractivity contribution is -0.144. The number of amidine groups is 1. The Hall–Kier alpha value is -3.00. The Kier molecular flexibility index (Phi) is 9.91. The average molecular weight is 440 g/mol. The van der Waals surface area contributed by atoms with Crippen LogP contribution in [0.3, 0.4) is 0 Å². The van der Waals surface area contributed by atoms with Gasteiger partial charge in [0, 0.05) is 22.9 Å². The van der Waals surface area contributed by atoms with Gasteiger partial charge in [0.2, 0.25) is 0 Å². The van der Waals surface area contributed by atoms with Crippen LogP contribution >= 0.6 is 12.4 Å². The molecule has 30 heavy (non-hydrogen) atoms. The van der Waals surface area contributed by atoms with E-state index in [0.29, 0.717) is 23.6 Å². The second kappa shape index (κ2) is 11.9. The van der Waals surface area contributed by atoms with Gasteiger partial charge in [0.05, 0.1) is 19.8 Å². The number of benzene rings is 2. The van der Waals surface area contributed by atoms with Gasteiger partial charge in [-0.15, -0.1) is 12.4 Å². The minimum atomic E-state index is -1.13. The molecule has 7 nitrogen and oxygen atoms in total. The van der Waals surface area contributed by atoms with Crippen LogP contribution < -0.4 is 20.5 Å². The maximum atomic E-state index is 15.1. The third-order valence-electron chi connectivity index (χ3n) is 3.99. The molecule has 0 aromatic heterocycles. The second-order valence-corrected chi connectivity index (χ2v) is 6.01. The normalized spacial score (nSPS) is 11.1. The van der Waals surface area contributed by atoms with Crippen molar-refractivity contribution in [2.45, 2.75) is 26.8 Å². The minimum absolute atomic E-state index is 0. The highest BCUT2D eigenvalue weighted by atomic mass is 35.5. The number of carbonyl (C=O) groups excluding carboxylic acids is 1.